The lowest BCUT2D eigenvalue weighted by molar-refractivity contribution is 1.04. The van der Waals surface area contributed by atoms with E-state index in [1.54, 1.807) is 9.12 Å². The fourth-order valence-electron chi connectivity index (χ4n) is 1.33. The second-order valence-corrected chi connectivity index (χ2v) is 4.52. The summed E-state index contributed by atoms with van der Waals surface area (Å²) < 4.78 is 2.04. The Morgan fingerprint density at radius 2 is 2.15 bits per heavy atom. The molecule has 3 nitrogen and oxygen atoms in total. The van der Waals surface area contributed by atoms with Gasteiger partial charge in [0, 0.05) is 41.9 Å². The van der Waals surface area contributed by atoms with E-state index in [-0.39, 0.29) is 0 Å². The Hall–Kier alpha value is -0.300. The van der Waals surface area contributed by atoms with Gasteiger partial charge in [0.25, 0.3) is 0 Å². The highest BCUT2D eigenvalue weighted by molar-refractivity contribution is 14.2. The molecule has 0 amide bonds. The average molecular weight is 305 g/mol. The average Bonchev–Trinajstić information content (AvgIpc) is 2.47. The zero-order valence-corrected chi connectivity index (χ0v) is 10.3. The van der Waals surface area contributed by atoms with Gasteiger partial charge in [-0.15, -0.1) is 0 Å². The minimum atomic E-state index is 0.829. The van der Waals surface area contributed by atoms with Crippen molar-refractivity contribution in [3.8, 4) is 0 Å². The predicted molar refractivity (Wildman–Crippen MR) is 64.0 cm³/mol. The van der Waals surface area contributed by atoms with Crippen LogP contribution in [0.2, 0.25) is 0 Å². The first-order chi connectivity index (χ1) is 6.22. The normalized spacial score (nSPS) is 11.0. The van der Waals surface area contributed by atoms with Gasteiger partial charge >= 0.3 is 0 Å². The molecule has 0 atom stereocenters. The van der Waals surface area contributed by atoms with Crippen LogP contribution in [0.5, 0.6) is 0 Å². The Morgan fingerprint density at radius 3 is 2.85 bits per heavy atom. The Bertz CT molecular complexity index is 452. The summed E-state index contributed by atoms with van der Waals surface area (Å²) in [5.41, 5.74) is 2.05. The van der Waals surface area contributed by atoms with E-state index in [0.717, 1.165) is 22.6 Å². The van der Waals surface area contributed by atoms with Gasteiger partial charge in [0.05, 0.1) is 5.69 Å². The summed E-state index contributed by atoms with van der Waals surface area (Å²) in [4.78, 5) is 8.71. The molecule has 2 heterocycles. The molecule has 0 saturated carbocycles. The third-order valence-corrected chi connectivity index (χ3v) is 3.60. The molecule has 2 aromatic heterocycles. The van der Waals surface area contributed by atoms with Crippen molar-refractivity contribution in [1.29, 1.82) is 0 Å². The molecule has 0 aliphatic heterocycles. The maximum absolute atomic E-state index is 4.39. The lowest BCUT2D eigenvalue weighted by atomic mass is 10.3. The molecule has 0 saturated heterocycles. The van der Waals surface area contributed by atoms with Crippen molar-refractivity contribution in [1.82, 2.24) is 13.9 Å². The van der Waals surface area contributed by atoms with Gasteiger partial charge in [-0.3, -0.25) is 3.97 Å². The number of halogens is 1. The van der Waals surface area contributed by atoms with Gasteiger partial charge < -0.3 is 0 Å². The molecule has 13 heavy (non-hydrogen) atoms. The van der Waals surface area contributed by atoms with Gasteiger partial charge in [0.15, 0.2) is 5.65 Å². The number of aryl methyl sites for hydroxylation is 2. The minimum absolute atomic E-state index is 0.829. The molecule has 68 valence electrons. The minimum Gasteiger partial charge on any atom is -0.266 e. The van der Waals surface area contributed by atoms with E-state index in [0.29, 0.717) is 0 Å². The summed E-state index contributed by atoms with van der Waals surface area (Å²) in [7, 11) is 1.62. The van der Waals surface area contributed by atoms with E-state index in [2.05, 4.69) is 37.2 Å². The molecule has 0 aliphatic rings. The third-order valence-electron chi connectivity index (χ3n) is 1.89. The second kappa shape index (κ2) is 3.45. The van der Waals surface area contributed by atoms with Gasteiger partial charge in [0.2, 0.25) is 0 Å². The standard InChI is InChI=1S/C8H8IN3S/c1-5-7-3-4-12(13-9)8(7)11-6(2)10-5/h3-4H,1-2H3. The molecule has 5 heteroatoms. The maximum atomic E-state index is 4.39. The van der Waals surface area contributed by atoms with E-state index in [1.807, 2.05) is 24.0 Å². The van der Waals surface area contributed by atoms with Crippen LogP contribution in [-0.2, 0) is 0 Å². The van der Waals surface area contributed by atoms with E-state index in [9.17, 15) is 0 Å². The number of aromatic nitrogens is 3. The van der Waals surface area contributed by atoms with Crippen LogP contribution in [0.15, 0.2) is 12.3 Å². The van der Waals surface area contributed by atoms with E-state index in [4.69, 9.17) is 0 Å². The van der Waals surface area contributed by atoms with Crippen molar-refractivity contribution >= 4 is 41.4 Å². The molecule has 0 radical (unpaired) electrons. The second-order valence-electron chi connectivity index (χ2n) is 2.80. The fourth-order valence-corrected chi connectivity index (χ4v) is 2.60. The van der Waals surface area contributed by atoms with Gasteiger partial charge in [-0.25, -0.2) is 9.97 Å². The summed E-state index contributed by atoms with van der Waals surface area (Å²) in [6, 6.07) is 2.05. The molecule has 0 unspecified atom stereocenters. The molecule has 0 bridgehead atoms. The molecule has 2 rings (SSSR count). The van der Waals surface area contributed by atoms with Crippen molar-refractivity contribution in [3.05, 3.63) is 23.8 Å². The molecular weight excluding hydrogens is 297 g/mol. The first-order valence-electron chi connectivity index (χ1n) is 3.84. The van der Waals surface area contributed by atoms with E-state index in [1.165, 1.54) is 0 Å². The van der Waals surface area contributed by atoms with Gasteiger partial charge in [0.1, 0.15) is 5.82 Å². The van der Waals surface area contributed by atoms with Crippen molar-refractivity contribution in [2.24, 2.45) is 0 Å². The first-order valence-corrected chi connectivity index (χ1v) is 7.15. The number of hydrogen-bond donors (Lipinski definition) is 0. The summed E-state index contributed by atoms with van der Waals surface area (Å²) in [6.45, 7) is 3.93. The number of hydrogen-bond acceptors (Lipinski definition) is 3. The van der Waals surface area contributed by atoms with Crippen LogP contribution in [0.4, 0.5) is 0 Å². The Balaban J connectivity index is 2.82. The topological polar surface area (TPSA) is 30.7 Å². The predicted octanol–water partition coefficient (Wildman–Crippen LogP) is 2.89. The smallest absolute Gasteiger partial charge is 0.154 e. The van der Waals surface area contributed by atoms with Crippen LogP contribution in [0.1, 0.15) is 11.5 Å². The molecule has 0 aliphatic carbocycles. The van der Waals surface area contributed by atoms with Crippen molar-refractivity contribution in [3.63, 3.8) is 0 Å². The molecule has 0 aromatic carbocycles. The number of fused-ring (bicyclic) bond motifs is 1. The molecule has 2 aromatic rings. The van der Waals surface area contributed by atoms with Crippen molar-refractivity contribution in [2.45, 2.75) is 13.8 Å². The summed E-state index contributed by atoms with van der Waals surface area (Å²) in [6.07, 6.45) is 2.02. The van der Waals surface area contributed by atoms with Crippen LogP contribution in [0, 0.1) is 13.8 Å². The monoisotopic (exact) mass is 305 g/mol. The van der Waals surface area contributed by atoms with E-state index < -0.39 is 0 Å². The van der Waals surface area contributed by atoms with Crippen LogP contribution in [-0.4, -0.2) is 13.9 Å². The SMILES string of the molecule is Cc1nc(C)c2ccn(SI)c2n1. The highest BCUT2D eigenvalue weighted by atomic mass is 127. The van der Waals surface area contributed by atoms with Crippen LogP contribution in [0.3, 0.4) is 0 Å². The molecule has 0 spiro atoms. The van der Waals surface area contributed by atoms with Gasteiger partial charge in [-0.2, -0.15) is 0 Å². The van der Waals surface area contributed by atoms with Gasteiger partial charge in [-0.1, -0.05) is 0 Å². The quantitative estimate of drug-likeness (QED) is 0.759. The van der Waals surface area contributed by atoms with Gasteiger partial charge in [-0.05, 0) is 19.9 Å². The maximum Gasteiger partial charge on any atom is 0.154 e. The Kier molecular flexibility index (Phi) is 2.46. The first kappa shape index (κ1) is 9.26. The Morgan fingerprint density at radius 1 is 1.38 bits per heavy atom. The zero-order valence-electron chi connectivity index (χ0n) is 7.28. The zero-order chi connectivity index (χ0) is 9.42. The number of nitrogens with zero attached hydrogens (tertiary/aromatic N) is 3. The third kappa shape index (κ3) is 1.54. The summed E-state index contributed by atoms with van der Waals surface area (Å²) >= 11 is 2.24. The largest absolute Gasteiger partial charge is 0.266 e. The van der Waals surface area contributed by atoms with Crippen molar-refractivity contribution in [2.75, 3.05) is 0 Å². The summed E-state index contributed by atoms with van der Waals surface area (Å²) in [5, 5.41) is 1.13. The fraction of sp³-hybridized carbons (Fsp3) is 0.250. The lowest BCUT2D eigenvalue weighted by Crippen LogP contribution is -1.93. The van der Waals surface area contributed by atoms with E-state index >= 15 is 0 Å². The molecule has 0 N–H and O–H groups in total. The van der Waals surface area contributed by atoms with Crippen LogP contribution >= 0.6 is 30.3 Å². The Labute approximate surface area is 92.7 Å². The summed E-state index contributed by atoms with van der Waals surface area (Å²) in [5.74, 6) is 0.829. The lowest BCUT2D eigenvalue weighted by Gasteiger charge is -2.00. The highest BCUT2D eigenvalue weighted by Crippen LogP contribution is 2.24. The van der Waals surface area contributed by atoms with Crippen LogP contribution in [0.25, 0.3) is 11.0 Å². The number of rotatable bonds is 1. The highest BCUT2D eigenvalue weighted by Gasteiger charge is 2.06. The van der Waals surface area contributed by atoms with Crippen LogP contribution < -0.4 is 0 Å². The molecular formula is C8H8IN3S. The molecule has 0 fully saturated rings. The van der Waals surface area contributed by atoms with Crippen molar-refractivity contribution < 1.29 is 0 Å².